The van der Waals surface area contributed by atoms with Gasteiger partial charge in [-0.25, -0.2) is 4.39 Å². The van der Waals surface area contributed by atoms with Gasteiger partial charge >= 0.3 is 6.61 Å². The minimum Gasteiger partial charge on any atom is -0.435 e. The average molecular weight is 467 g/mol. The van der Waals surface area contributed by atoms with E-state index in [0.717, 1.165) is 24.0 Å². The lowest BCUT2D eigenvalue weighted by Gasteiger charge is -2.33. The van der Waals surface area contributed by atoms with Gasteiger partial charge in [-0.15, -0.1) is 0 Å². The maximum absolute atomic E-state index is 13.8. The smallest absolute Gasteiger partial charge is 0.387 e. The van der Waals surface area contributed by atoms with Crippen LogP contribution in [-0.2, 0) is 11.3 Å². The predicted molar refractivity (Wildman–Crippen MR) is 118 cm³/mol. The Labute approximate surface area is 195 Å². The van der Waals surface area contributed by atoms with Crippen molar-refractivity contribution in [1.82, 2.24) is 15.1 Å². The number of rotatable bonds is 9. The van der Waals surface area contributed by atoms with Crippen LogP contribution in [0.1, 0.15) is 48.0 Å². The molecule has 0 radical (unpaired) electrons. The zero-order chi connectivity index (χ0) is 23.7. The van der Waals surface area contributed by atoms with Crippen molar-refractivity contribution in [2.45, 2.75) is 44.4 Å². The molecule has 34 heavy (non-hydrogen) atoms. The minimum absolute atomic E-state index is 0.0183. The summed E-state index contributed by atoms with van der Waals surface area (Å²) < 4.78 is 43.0. The SMILES string of the molecule is O=C(C1CC1c1ccc(F)cc1)N(Cc1cccnn1)[C@H](c1ccc(OC(F)F)cc1)C1CC1. The molecule has 0 aliphatic heterocycles. The summed E-state index contributed by atoms with van der Waals surface area (Å²) in [7, 11) is 0. The zero-order valence-corrected chi connectivity index (χ0v) is 18.4. The third kappa shape index (κ3) is 5.05. The van der Waals surface area contributed by atoms with Crippen molar-refractivity contribution in [2.24, 2.45) is 11.8 Å². The van der Waals surface area contributed by atoms with Gasteiger partial charge in [-0.05, 0) is 78.6 Å². The number of nitrogens with zero attached hydrogens (tertiary/aromatic N) is 3. The highest BCUT2D eigenvalue weighted by Gasteiger charge is 2.49. The number of carbonyl (C=O) groups excluding carboxylic acids is 1. The molecule has 176 valence electrons. The van der Waals surface area contributed by atoms with E-state index in [0.29, 0.717) is 18.7 Å². The molecule has 5 nitrogen and oxygen atoms in total. The zero-order valence-electron chi connectivity index (χ0n) is 18.4. The van der Waals surface area contributed by atoms with Crippen molar-refractivity contribution in [3.8, 4) is 5.75 Å². The Balaban J connectivity index is 1.42. The summed E-state index contributed by atoms with van der Waals surface area (Å²) in [4.78, 5) is 15.7. The van der Waals surface area contributed by atoms with E-state index in [9.17, 15) is 18.0 Å². The first kappa shape index (κ1) is 22.4. The minimum atomic E-state index is -2.89. The van der Waals surface area contributed by atoms with Gasteiger partial charge in [0, 0.05) is 12.1 Å². The van der Waals surface area contributed by atoms with E-state index in [1.54, 1.807) is 36.5 Å². The van der Waals surface area contributed by atoms with Crippen molar-refractivity contribution >= 4 is 5.91 Å². The predicted octanol–water partition coefficient (Wildman–Crippen LogP) is 5.50. The Morgan fingerprint density at radius 1 is 1.06 bits per heavy atom. The average Bonchev–Trinajstić information content (AvgIpc) is 3.75. The number of carbonyl (C=O) groups is 1. The third-order valence-corrected chi connectivity index (χ3v) is 6.50. The van der Waals surface area contributed by atoms with Gasteiger partial charge < -0.3 is 9.64 Å². The second-order valence-electron chi connectivity index (χ2n) is 8.91. The molecule has 2 saturated carbocycles. The Hall–Kier alpha value is -3.42. The molecule has 2 aromatic carbocycles. The number of benzene rings is 2. The number of halogens is 3. The Morgan fingerprint density at radius 2 is 1.79 bits per heavy atom. The second-order valence-corrected chi connectivity index (χ2v) is 8.91. The van der Waals surface area contributed by atoms with Gasteiger partial charge in [0.05, 0.1) is 18.3 Å². The van der Waals surface area contributed by atoms with Crippen LogP contribution in [0.4, 0.5) is 13.2 Å². The van der Waals surface area contributed by atoms with Crippen LogP contribution in [0.15, 0.2) is 66.9 Å². The molecule has 1 aromatic heterocycles. The lowest BCUT2D eigenvalue weighted by molar-refractivity contribution is -0.136. The van der Waals surface area contributed by atoms with E-state index < -0.39 is 6.61 Å². The Morgan fingerprint density at radius 3 is 2.41 bits per heavy atom. The molecule has 2 unspecified atom stereocenters. The number of hydrogen-bond donors (Lipinski definition) is 0. The molecule has 0 spiro atoms. The number of alkyl halides is 2. The van der Waals surface area contributed by atoms with Gasteiger partial charge in [0.25, 0.3) is 0 Å². The van der Waals surface area contributed by atoms with Crippen LogP contribution in [0.3, 0.4) is 0 Å². The summed E-state index contributed by atoms with van der Waals surface area (Å²) in [5.41, 5.74) is 2.51. The van der Waals surface area contributed by atoms with E-state index in [-0.39, 0.29) is 41.3 Å². The van der Waals surface area contributed by atoms with Gasteiger partial charge in [0.2, 0.25) is 5.91 Å². The molecule has 3 atom stereocenters. The summed E-state index contributed by atoms with van der Waals surface area (Å²) >= 11 is 0. The normalized spacial score (nSPS) is 20.1. The molecule has 1 amide bonds. The summed E-state index contributed by atoms with van der Waals surface area (Å²) in [6, 6.07) is 16.3. The first-order chi connectivity index (χ1) is 16.5. The number of amides is 1. The summed E-state index contributed by atoms with van der Waals surface area (Å²) in [6.45, 7) is -2.59. The first-order valence-corrected chi connectivity index (χ1v) is 11.4. The topological polar surface area (TPSA) is 55.3 Å². The van der Waals surface area contributed by atoms with Crippen molar-refractivity contribution in [3.05, 3.63) is 89.5 Å². The highest BCUT2D eigenvalue weighted by Crippen LogP contribution is 2.52. The van der Waals surface area contributed by atoms with Crippen molar-refractivity contribution in [2.75, 3.05) is 0 Å². The number of ether oxygens (including phenoxy) is 1. The third-order valence-electron chi connectivity index (χ3n) is 6.50. The fourth-order valence-electron chi connectivity index (χ4n) is 4.63. The molecule has 5 rings (SSSR count). The van der Waals surface area contributed by atoms with Gasteiger partial charge in [0.15, 0.2) is 0 Å². The molecule has 3 aromatic rings. The number of aromatic nitrogens is 2. The fraction of sp³-hybridized carbons (Fsp3) is 0.346. The molecule has 2 fully saturated rings. The van der Waals surface area contributed by atoms with E-state index in [4.69, 9.17) is 0 Å². The van der Waals surface area contributed by atoms with E-state index in [2.05, 4.69) is 14.9 Å². The van der Waals surface area contributed by atoms with Gasteiger partial charge in [-0.2, -0.15) is 19.0 Å². The van der Waals surface area contributed by atoms with Gasteiger partial charge in [-0.3, -0.25) is 4.79 Å². The summed E-state index contributed by atoms with van der Waals surface area (Å²) in [5, 5.41) is 8.13. The molecular formula is C26H24F3N3O2. The highest BCUT2D eigenvalue weighted by atomic mass is 19.3. The lowest BCUT2D eigenvalue weighted by atomic mass is 9.98. The summed E-state index contributed by atoms with van der Waals surface area (Å²) in [6.07, 6.45) is 4.26. The van der Waals surface area contributed by atoms with Crippen molar-refractivity contribution in [3.63, 3.8) is 0 Å². The van der Waals surface area contributed by atoms with E-state index >= 15 is 0 Å². The van der Waals surface area contributed by atoms with Crippen LogP contribution >= 0.6 is 0 Å². The molecule has 8 heteroatoms. The molecule has 2 aliphatic carbocycles. The molecule has 0 N–H and O–H groups in total. The standard InChI is InChI=1S/C26H24F3N3O2/c27-19-9-5-16(6-10-19)22-14-23(22)25(33)32(15-20-2-1-13-30-31-20)24(17-3-4-17)18-7-11-21(12-8-18)34-26(28)29/h1-2,5-13,17,22-24,26H,3-4,14-15H2/t22?,23?,24-/m0/s1. The lowest BCUT2D eigenvalue weighted by Crippen LogP contribution is -2.37. The molecule has 0 bridgehead atoms. The highest BCUT2D eigenvalue weighted by molar-refractivity contribution is 5.83. The Kier molecular flexibility index (Phi) is 6.22. The maximum Gasteiger partial charge on any atom is 0.387 e. The monoisotopic (exact) mass is 467 g/mol. The van der Waals surface area contributed by atoms with Crippen LogP contribution < -0.4 is 4.74 Å². The van der Waals surface area contributed by atoms with Crippen LogP contribution in [0, 0.1) is 17.7 Å². The van der Waals surface area contributed by atoms with Gasteiger partial charge in [0.1, 0.15) is 11.6 Å². The first-order valence-electron chi connectivity index (χ1n) is 11.4. The van der Waals surface area contributed by atoms with Crippen LogP contribution in [0.25, 0.3) is 0 Å². The largest absolute Gasteiger partial charge is 0.435 e. The van der Waals surface area contributed by atoms with E-state index in [1.165, 1.54) is 24.3 Å². The van der Waals surface area contributed by atoms with Crippen LogP contribution in [-0.4, -0.2) is 27.6 Å². The van der Waals surface area contributed by atoms with Crippen LogP contribution in [0.2, 0.25) is 0 Å². The number of hydrogen-bond acceptors (Lipinski definition) is 4. The molecular weight excluding hydrogens is 443 g/mol. The molecule has 2 aliphatic rings. The molecule has 0 saturated heterocycles. The second kappa shape index (κ2) is 9.44. The Bertz CT molecular complexity index is 1120. The molecule has 1 heterocycles. The summed E-state index contributed by atoms with van der Waals surface area (Å²) in [5.74, 6) is -0.0532. The van der Waals surface area contributed by atoms with Crippen molar-refractivity contribution < 1.29 is 22.7 Å². The quantitative estimate of drug-likeness (QED) is 0.417. The van der Waals surface area contributed by atoms with Gasteiger partial charge in [-0.1, -0.05) is 24.3 Å². The van der Waals surface area contributed by atoms with E-state index in [1.807, 2.05) is 11.0 Å². The fourth-order valence-corrected chi connectivity index (χ4v) is 4.63. The maximum atomic E-state index is 13.8. The van der Waals surface area contributed by atoms with Crippen LogP contribution in [0.5, 0.6) is 5.75 Å². The van der Waals surface area contributed by atoms with Crippen molar-refractivity contribution in [1.29, 1.82) is 0 Å².